The molecule has 0 unspecified atom stereocenters. The smallest absolute Gasteiger partial charge is 0.256 e. The fourth-order valence-electron chi connectivity index (χ4n) is 3.08. The van der Waals surface area contributed by atoms with Crippen molar-refractivity contribution in [3.8, 4) is 0 Å². The van der Waals surface area contributed by atoms with E-state index in [0.29, 0.717) is 21.3 Å². The van der Waals surface area contributed by atoms with E-state index in [1.807, 2.05) is 0 Å². The Labute approximate surface area is 175 Å². The summed E-state index contributed by atoms with van der Waals surface area (Å²) in [4.78, 5) is 20.2. The third-order valence-electron chi connectivity index (χ3n) is 4.58. The van der Waals surface area contributed by atoms with Gasteiger partial charge in [-0.1, -0.05) is 35.0 Å². The van der Waals surface area contributed by atoms with E-state index in [1.54, 1.807) is 18.2 Å². The number of halogens is 6. The van der Waals surface area contributed by atoms with Gasteiger partial charge in [0.25, 0.3) is 5.56 Å². The van der Waals surface area contributed by atoms with Crippen molar-refractivity contribution in [3.05, 3.63) is 97.8 Å². The van der Waals surface area contributed by atoms with Crippen LogP contribution in [-0.4, -0.2) is 4.98 Å². The van der Waals surface area contributed by atoms with Gasteiger partial charge in [0.05, 0.1) is 11.1 Å². The highest BCUT2D eigenvalue weighted by molar-refractivity contribution is 6.31. The number of aromatic amines is 1. The van der Waals surface area contributed by atoms with Crippen LogP contribution in [0.2, 0.25) is 5.02 Å². The number of aromatic nitrogens is 1. The standard InChI is InChI=1S/C21H10ClF5N2O2/c22-9-5-6-14-12(7-9)20(10-3-1-2-4-11(10)21(30)28-14)29-31-8-13-15(23)17(25)19(27)18(26)16(13)24/h1-7H,8H2,(H,28,30)/b29-20+. The van der Waals surface area contributed by atoms with Gasteiger partial charge in [0.1, 0.15) is 12.0 Å². The molecule has 1 N–H and O–H groups in total. The van der Waals surface area contributed by atoms with Crippen molar-refractivity contribution in [1.29, 1.82) is 0 Å². The molecule has 31 heavy (non-hydrogen) atoms. The molecule has 10 heteroatoms. The molecule has 4 nitrogen and oxygen atoms in total. The number of nitrogens with zero attached hydrogens (tertiary/aromatic N) is 1. The van der Waals surface area contributed by atoms with E-state index in [-0.39, 0.29) is 10.7 Å². The van der Waals surface area contributed by atoms with E-state index in [0.717, 1.165) is 0 Å². The molecule has 0 amide bonds. The number of fused-ring (bicyclic) bond motifs is 2. The molecule has 0 aliphatic heterocycles. The van der Waals surface area contributed by atoms with E-state index in [2.05, 4.69) is 10.1 Å². The summed E-state index contributed by atoms with van der Waals surface area (Å²) in [5.41, 5.74) is -1.28. The Hall–Kier alpha value is -3.46. The number of rotatable bonds is 3. The lowest BCUT2D eigenvalue weighted by atomic mass is 10.1. The first-order valence-electron chi connectivity index (χ1n) is 8.70. The van der Waals surface area contributed by atoms with Gasteiger partial charge >= 0.3 is 0 Å². The molecule has 0 radical (unpaired) electrons. The van der Waals surface area contributed by atoms with E-state index in [9.17, 15) is 26.7 Å². The topological polar surface area (TPSA) is 54.5 Å². The molecule has 0 spiro atoms. The Kier molecular flexibility index (Phi) is 5.36. The maximum Gasteiger partial charge on any atom is 0.256 e. The van der Waals surface area contributed by atoms with Crippen molar-refractivity contribution in [3.63, 3.8) is 0 Å². The molecule has 0 saturated carbocycles. The van der Waals surface area contributed by atoms with E-state index < -0.39 is 46.8 Å². The maximum absolute atomic E-state index is 13.9. The average molecular weight is 453 g/mol. The number of nitrogens with one attached hydrogen (secondary N) is 1. The lowest BCUT2D eigenvalue weighted by Gasteiger charge is -2.07. The minimum absolute atomic E-state index is 0.0790. The van der Waals surface area contributed by atoms with Gasteiger partial charge in [-0.25, -0.2) is 22.0 Å². The molecule has 0 aliphatic rings. The first kappa shape index (κ1) is 20.8. The van der Waals surface area contributed by atoms with E-state index in [1.165, 1.54) is 24.3 Å². The van der Waals surface area contributed by atoms with Crippen LogP contribution in [0.1, 0.15) is 5.56 Å². The van der Waals surface area contributed by atoms with Crippen molar-refractivity contribution in [2.24, 2.45) is 5.16 Å². The predicted molar refractivity (Wildman–Crippen MR) is 104 cm³/mol. The summed E-state index contributed by atoms with van der Waals surface area (Å²) >= 11 is 6.05. The number of benzene rings is 3. The third-order valence-corrected chi connectivity index (χ3v) is 4.81. The van der Waals surface area contributed by atoms with Gasteiger partial charge in [0.2, 0.25) is 5.82 Å². The predicted octanol–water partition coefficient (Wildman–Crippen LogP) is 5.06. The SMILES string of the molecule is O=c1[nH]c2ccc(Cl)cc2/c(=N/OCc2c(F)c(F)c(F)c(F)c2F)c2ccccc12. The minimum Gasteiger partial charge on any atom is -0.390 e. The van der Waals surface area contributed by atoms with Gasteiger partial charge in [0.15, 0.2) is 23.3 Å². The van der Waals surface area contributed by atoms with Gasteiger partial charge < -0.3 is 9.82 Å². The number of hydrogen-bond donors (Lipinski definition) is 1. The van der Waals surface area contributed by atoms with Crippen molar-refractivity contribution >= 4 is 33.3 Å². The second kappa shape index (κ2) is 7.99. The molecule has 4 aromatic rings. The zero-order chi connectivity index (χ0) is 22.3. The van der Waals surface area contributed by atoms with Crippen LogP contribution in [-0.2, 0) is 11.4 Å². The molecule has 0 saturated heterocycles. The summed E-state index contributed by atoms with van der Waals surface area (Å²) < 4.78 is 67.8. The third kappa shape index (κ3) is 3.61. The summed E-state index contributed by atoms with van der Waals surface area (Å²) in [5, 5.41) is 5.12. The quantitative estimate of drug-likeness (QED) is 0.204. The highest BCUT2D eigenvalue weighted by Crippen LogP contribution is 2.23. The number of hydrogen-bond acceptors (Lipinski definition) is 3. The number of H-pyrrole nitrogens is 1. The van der Waals surface area contributed by atoms with E-state index >= 15 is 0 Å². The summed E-state index contributed by atoms with van der Waals surface area (Å²) in [6.07, 6.45) is 0. The second-order valence-corrected chi connectivity index (χ2v) is 6.89. The lowest BCUT2D eigenvalue weighted by Crippen LogP contribution is -2.09. The first-order valence-corrected chi connectivity index (χ1v) is 9.08. The molecular formula is C21H10ClF5N2O2. The molecule has 0 aliphatic carbocycles. The highest BCUT2D eigenvalue weighted by atomic mass is 35.5. The normalized spacial score (nSPS) is 12.0. The van der Waals surface area contributed by atoms with Crippen LogP contribution < -0.4 is 10.9 Å². The summed E-state index contributed by atoms with van der Waals surface area (Å²) in [6, 6.07) is 10.9. The van der Waals surface area contributed by atoms with Gasteiger partial charge in [0, 0.05) is 21.2 Å². The maximum atomic E-state index is 13.9. The molecule has 3 aromatic carbocycles. The fraction of sp³-hybridized carbons (Fsp3) is 0.0476. The van der Waals surface area contributed by atoms with Crippen LogP contribution in [0.5, 0.6) is 0 Å². The average Bonchev–Trinajstić information content (AvgIpc) is 2.88. The van der Waals surface area contributed by atoms with Gasteiger partial charge in [-0.3, -0.25) is 4.79 Å². The molecule has 0 atom stereocenters. The Bertz CT molecular complexity index is 1460. The van der Waals surface area contributed by atoms with Crippen LogP contribution in [0.4, 0.5) is 22.0 Å². The van der Waals surface area contributed by atoms with Crippen LogP contribution in [0, 0.1) is 29.1 Å². The van der Waals surface area contributed by atoms with Crippen LogP contribution in [0.15, 0.2) is 52.4 Å². The molecule has 158 valence electrons. The highest BCUT2D eigenvalue weighted by Gasteiger charge is 2.26. The fourth-order valence-corrected chi connectivity index (χ4v) is 3.25. The monoisotopic (exact) mass is 452 g/mol. The van der Waals surface area contributed by atoms with Crippen molar-refractivity contribution in [1.82, 2.24) is 4.98 Å². The van der Waals surface area contributed by atoms with Crippen LogP contribution in [0.25, 0.3) is 21.7 Å². The zero-order valence-corrected chi connectivity index (χ0v) is 16.0. The molecule has 1 aromatic heterocycles. The largest absolute Gasteiger partial charge is 0.390 e. The van der Waals surface area contributed by atoms with Crippen molar-refractivity contribution < 1.29 is 26.8 Å². The Morgan fingerprint density at radius 3 is 2.13 bits per heavy atom. The van der Waals surface area contributed by atoms with Gasteiger partial charge in [-0.05, 0) is 24.3 Å². The second-order valence-electron chi connectivity index (χ2n) is 6.45. The van der Waals surface area contributed by atoms with E-state index in [4.69, 9.17) is 16.4 Å². The van der Waals surface area contributed by atoms with Crippen molar-refractivity contribution in [2.45, 2.75) is 6.61 Å². The summed E-state index contributed by atoms with van der Waals surface area (Å²) in [7, 11) is 0. The summed E-state index contributed by atoms with van der Waals surface area (Å²) in [6.45, 7) is -1.05. The molecular weight excluding hydrogens is 443 g/mol. The van der Waals surface area contributed by atoms with Gasteiger partial charge in [-0.2, -0.15) is 0 Å². The molecule has 0 fully saturated rings. The first-order chi connectivity index (χ1) is 14.8. The molecule has 0 bridgehead atoms. The van der Waals surface area contributed by atoms with Gasteiger partial charge in [-0.15, -0.1) is 0 Å². The Morgan fingerprint density at radius 1 is 0.839 bits per heavy atom. The van der Waals surface area contributed by atoms with Crippen LogP contribution >= 0.6 is 11.6 Å². The molecule has 1 heterocycles. The van der Waals surface area contributed by atoms with Crippen LogP contribution in [0.3, 0.4) is 0 Å². The Morgan fingerprint density at radius 2 is 1.45 bits per heavy atom. The van der Waals surface area contributed by atoms with Crippen molar-refractivity contribution in [2.75, 3.05) is 0 Å². The summed E-state index contributed by atoms with van der Waals surface area (Å²) in [5.74, 6) is -10.5. The molecule has 4 rings (SSSR count). The minimum atomic E-state index is -2.27. The Balaban J connectivity index is 1.93. The zero-order valence-electron chi connectivity index (χ0n) is 15.3. The lowest BCUT2D eigenvalue weighted by molar-refractivity contribution is 0.114.